The van der Waals surface area contributed by atoms with E-state index in [1.165, 1.54) is 0 Å². The van der Waals surface area contributed by atoms with E-state index in [-0.39, 0.29) is 5.92 Å². The third-order valence-electron chi connectivity index (χ3n) is 4.27. The van der Waals surface area contributed by atoms with Crippen molar-refractivity contribution in [1.82, 2.24) is 0 Å². The van der Waals surface area contributed by atoms with Crippen molar-refractivity contribution in [2.45, 2.75) is 52.4 Å². The van der Waals surface area contributed by atoms with E-state index in [1.807, 2.05) is 6.08 Å². The number of carboxylic acids is 1. The summed E-state index contributed by atoms with van der Waals surface area (Å²) in [5.41, 5.74) is 0. The highest BCUT2D eigenvalue weighted by Crippen LogP contribution is 2.40. The quantitative estimate of drug-likeness (QED) is 0.558. The van der Waals surface area contributed by atoms with Gasteiger partial charge in [-0.25, -0.2) is 0 Å². The molecule has 0 heterocycles. The lowest BCUT2D eigenvalue weighted by Gasteiger charge is -2.36. The lowest BCUT2D eigenvalue weighted by Crippen LogP contribution is -2.32. The SMILES string of the molecule is C=CCCCC1CC(C(C)C)CCC1C(=O)O. The summed E-state index contributed by atoms with van der Waals surface area (Å²) in [7, 11) is 0. The van der Waals surface area contributed by atoms with Crippen molar-refractivity contribution in [2.24, 2.45) is 23.7 Å². The van der Waals surface area contributed by atoms with E-state index in [0.29, 0.717) is 11.8 Å². The Kier molecular flexibility index (Phi) is 5.73. The fraction of sp³-hybridized carbons (Fsp3) is 0.800. The van der Waals surface area contributed by atoms with Gasteiger partial charge in [0.05, 0.1) is 5.92 Å². The zero-order valence-corrected chi connectivity index (χ0v) is 11.2. The molecule has 3 unspecified atom stereocenters. The van der Waals surface area contributed by atoms with Crippen molar-refractivity contribution in [3.63, 3.8) is 0 Å². The lowest BCUT2D eigenvalue weighted by atomic mass is 9.69. The van der Waals surface area contributed by atoms with E-state index in [9.17, 15) is 9.90 Å². The molecule has 98 valence electrons. The van der Waals surface area contributed by atoms with Crippen LogP contribution in [0.4, 0.5) is 0 Å². The highest BCUT2D eigenvalue weighted by atomic mass is 16.4. The van der Waals surface area contributed by atoms with E-state index in [1.54, 1.807) is 0 Å². The molecular formula is C15H26O2. The molecule has 1 N–H and O–H groups in total. The number of hydrogen-bond donors (Lipinski definition) is 1. The number of rotatable bonds is 6. The monoisotopic (exact) mass is 238 g/mol. The van der Waals surface area contributed by atoms with Gasteiger partial charge < -0.3 is 5.11 Å². The molecule has 0 aromatic rings. The molecular weight excluding hydrogens is 212 g/mol. The minimum atomic E-state index is -0.587. The molecule has 3 atom stereocenters. The molecule has 17 heavy (non-hydrogen) atoms. The van der Waals surface area contributed by atoms with Crippen LogP contribution < -0.4 is 0 Å². The molecule has 1 aliphatic rings. The van der Waals surface area contributed by atoms with E-state index in [4.69, 9.17) is 0 Å². The first kappa shape index (κ1) is 14.3. The van der Waals surface area contributed by atoms with Crippen LogP contribution in [0.1, 0.15) is 52.4 Å². The van der Waals surface area contributed by atoms with Gasteiger partial charge in [0.1, 0.15) is 0 Å². The average Bonchev–Trinajstić information content (AvgIpc) is 2.28. The minimum Gasteiger partial charge on any atom is -0.481 e. The molecule has 0 bridgehead atoms. The van der Waals surface area contributed by atoms with Gasteiger partial charge in [-0.1, -0.05) is 19.9 Å². The summed E-state index contributed by atoms with van der Waals surface area (Å²) in [5, 5.41) is 9.27. The van der Waals surface area contributed by atoms with Gasteiger partial charge in [0.2, 0.25) is 0 Å². The van der Waals surface area contributed by atoms with Gasteiger partial charge in [-0.05, 0) is 56.3 Å². The lowest BCUT2D eigenvalue weighted by molar-refractivity contribution is -0.145. The maximum Gasteiger partial charge on any atom is 0.306 e. The maximum absolute atomic E-state index is 11.3. The zero-order valence-electron chi connectivity index (χ0n) is 11.2. The molecule has 1 rings (SSSR count). The standard InChI is InChI=1S/C15H26O2/c1-4-5-6-7-13-10-12(11(2)3)8-9-14(13)15(16)17/h4,11-14H,1,5-10H2,2-3H3,(H,16,17). The summed E-state index contributed by atoms with van der Waals surface area (Å²) in [6.45, 7) is 8.24. The van der Waals surface area contributed by atoms with Crippen LogP contribution in [-0.2, 0) is 4.79 Å². The number of unbranched alkanes of at least 4 members (excludes halogenated alkanes) is 1. The van der Waals surface area contributed by atoms with Crippen molar-refractivity contribution in [3.8, 4) is 0 Å². The molecule has 0 radical (unpaired) electrons. The predicted octanol–water partition coefficient (Wildman–Crippen LogP) is 4.12. The number of aliphatic carboxylic acids is 1. The average molecular weight is 238 g/mol. The number of carbonyl (C=O) groups is 1. The van der Waals surface area contributed by atoms with Crippen molar-refractivity contribution in [2.75, 3.05) is 0 Å². The Morgan fingerprint density at radius 2 is 2.18 bits per heavy atom. The van der Waals surface area contributed by atoms with Gasteiger partial charge in [-0.3, -0.25) is 4.79 Å². The van der Waals surface area contributed by atoms with Crippen LogP contribution in [0.15, 0.2) is 12.7 Å². The Bertz CT molecular complexity index is 258. The Hall–Kier alpha value is -0.790. The topological polar surface area (TPSA) is 37.3 Å². The van der Waals surface area contributed by atoms with Crippen molar-refractivity contribution >= 4 is 5.97 Å². The minimum absolute atomic E-state index is 0.102. The highest BCUT2D eigenvalue weighted by molar-refractivity contribution is 5.70. The van der Waals surface area contributed by atoms with Crippen LogP contribution in [0.25, 0.3) is 0 Å². The summed E-state index contributed by atoms with van der Waals surface area (Å²) < 4.78 is 0. The first-order chi connectivity index (χ1) is 8.06. The van der Waals surface area contributed by atoms with Crippen LogP contribution in [0, 0.1) is 23.7 Å². The normalized spacial score (nSPS) is 29.2. The van der Waals surface area contributed by atoms with E-state index >= 15 is 0 Å². The molecule has 2 heteroatoms. The second-order valence-corrected chi connectivity index (χ2v) is 5.74. The van der Waals surface area contributed by atoms with Gasteiger partial charge in [-0.15, -0.1) is 6.58 Å². The second kappa shape index (κ2) is 6.83. The highest BCUT2D eigenvalue weighted by Gasteiger charge is 2.35. The number of carboxylic acid groups (broad SMARTS) is 1. The summed E-state index contributed by atoms with van der Waals surface area (Å²) in [6, 6.07) is 0. The molecule has 0 aliphatic heterocycles. The van der Waals surface area contributed by atoms with Crippen LogP contribution in [0.5, 0.6) is 0 Å². The van der Waals surface area contributed by atoms with Crippen molar-refractivity contribution in [3.05, 3.63) is 12.7 Å². The fourth-order valence-corrected chi connectivity index (χ4v) is 3.07. The Morgan fingerprint density at radius 3 is 2.71 bits per heavy atom. The van der Waals surface area contributed by atoms with Gasteiger partial charge in [-0.2, -0.15) is 0 Å². The molecule has 0 saturated heterocycles. The fourth-order valence-electron chi connectivity index (χ4n) is 3.07. The maximum atomic E-state index is 11.3. The largest absolute Gasteiger partial charge is 0.481 e. The molecule has 0 amide bonds. The smallest absolute Gasteiger partial charge is 0.306 e. The van der Waals surface area contributed by atoms with E-state index in [0.717, 1.165) is 44.4 Å². The summed E-state index contributed by atoms with van der Waals surface area (Å²) >= 11 is 0. The molecule has 0 aromatic heterocycles. The van der Waals surface area contributed by atoms with Gasteiger partial charge >= 0.3 is 5.97 Å². The second-order valence-electron chi connectivity index (χ2n) is 5.74. The van der Waals surface area contributed by atoms with Gasteiger partial charge in [0, 0.05) is 0 Å². The summed E-state index contributed by atoms with van der Waals surface area (Å²) in [5.74, 6) is 1.10. The van der Waals surface area contributed by atoms with E-state index in [2.05, 4.69) is 20.4 Å². The van der Waals surface area contributed by atoms with Gasteiger partial charge in [0.25, 0.3) is 0 Å². The first-order valence-corrected chi connectivity index (χ1v) is 6.90. The van der Waals surface area contributed by atoms with Crippen LogP contribution in [0.2, 0.25) is 0 Å². The molecule has 1 saturated carbocycles. The van der Waals surface area contributed by atoms with Crippen LogP contribution >= 0.6 is 0 Å². The summed E-state index contributed by atoms with van der Waals surface area (Å²) in [6.07, 6.45) is 8.14. The third-order valence-corrected chi connectivity index (χ3v) is 4.27. The molecule has 0 spiro atoms. The van der Waals surface area contributed by atoms with Crippen molar-refractivity contribution in [1.29, 1.82) is 0 Å². The first-order valence-electron chi connectivity index (χ1n) is 6.90. The van der Waals surface area contributed by atoms with Crippen LogP contribution in [-0.4, -0.2) is 11.1 Å². The number of hydrogen-bond acceptors (Lipinski definition) is 1. The zero-order chi connectivity index (χ0) is 12.8. The third kappa shape index (κ3) is 4.18. The molecule has 1 fully saturated rings. The summed E-state index contributed by atoms with van der Waals surface area (Å²) in [4.78, 5) is 11.3. The van der Waals surface area contributed by atoms with Crippen LogP contribution in [0.3, 0.4) is 0 Å². The van der Waals surface area contributed by atoms with E-state index < -0.39 is 5.97 Å². The Morgan fingerprint density at radius 1 is 1.47 bits per heavy atom. The molecule has 0 aromatic carbocycles. The Labute approximate surface area is 105 Å². The number of allylic oxidation sites excluding steroid dienone is 1. The molecule has 1 aliphatic carbocycles. The van der Waals surface area contributed by atoms with Crippen molar-refractivity contribution < 1.29 is 9.90 Å². The molecule has 2 nitrogen and oxygen atoms in total. The van der Waals surface area contributed by atoms with Gasteiger partial charge in [0.15, 0.2) is 0 Å². The Balaban J connectivity index is 2.55. The predicted molar refractivity (Wildman–Crippen MR) is 70.8 cm³/mol.